The van der Waals surface area contributed by atoms with Crippen LogP contribution in [-0.2, 0) is 12.8 Å². The van der Waals surface area contributed by atoms with Crippen LogP contribution in [0.4, 0.5) is 5.69 Å². The summed E-state index contributed by atoms with van der Waals surface area (Å²) >= 11 is 0. The minimum absolute atomic E-state index is 0.181. The molecular formula is C21H19N3O3. The lowest BCUT2D eigenvalue weighted by atomic mass is 9.96. The van der Waals surface area contributed by atoms with Crippen molar-refractivity contribution < 1.29 is 9.53 Å². The van der Waals surface area contributed by atoms with Crippen molar-refractivity contribution in [3.63, 3.8) is 0 Å². The van der Waals surface area contributed by atoms with Gasteiger partial charge >= 0.3 is 0 Å². The SMILES string of the molecule is O=C(Nc1cc2c([nH]c1=O)CCCC2)c1cc(Oc2ccccc2)ccn1. The Kier molecular flexibility index (Phi) is 4.70. The lowest BCUT2D eigenvalue weighted by Crippen LogP contribution is -2.23. The first-order valence-electron chi connectivity index (χ1n) is 8.94. The van der Waals surface area contributed by atoms with E-state index in [9.17, 15) is 9.59 Å². The Hall–Kier alpha value is -3.41. The van der Waals surface area contributed by atoms with E-state index in [1.54, 1.807) is 18.2 Å². The van der Waals surface area contributed by atoms with Gasteiger partial charge in [-0.05, 0) is 55.5 Å². The predicted octanol–water partition coefficient (Wildman–Crippen LogP) is 3.69. The van der Waals surface area contributed by atoms with Gasteiger partial charge in [-0.2, -0.15) is 0 Å². The molecular weight excluding hydrogens is 342 g/mol. The second-order valence-electron chi connectivity index (χ2n) is 6.47. The molecule has 1 aliphatic carbocycles. The Labute approximate surface area is 156 Å². The van der Waals surface area contributed by atoms with Gasteiger partial charge in [0.1, 0.15) is 22.9 Å². The number of benzene rings is 1. The van der Waals surface area contributed by atoms with Crippen LogP contribution in [0.5, 0.6) is 11.5 Å². The largest absolute Gasteiger partial charge is 0.457 e. The van der Waals surface area contributed by atoms with E-state index >= 15 is 0 Å². The van der Waals surface area contributed by atoms with Crippen LogP contribution in [-0.4, -0.2) is 15.9 Å². The zero-order chi connectivity index (χ0) is 18.6. The Morgan fingerprint density at radius 1 is 1.04 bits per heavy atom. The number of carbonyl (C=O) groups excluding carboxylic acids is 1. The molecule has 4 rings (SSSR count). The highest BCUT2D eigenvalue weighted by Crippen LogP contribution is 2.22. The van der Waals surface area contributed by atoms with Crippen molar-refractivity contribution in [3.8, 4) is 11.5 Å². The van der Waals surface area contributed by atoms with E-state index < -0.39 is 5.91 Å². The zero-order valence-electron chi connectivity index (χ0n) is 14.7. The molecule has 27 heavy (non-hydrogen) atoms. The summed E-state index contributed by atoms with van der Waals surface area (Å²) < 4.78 is 5.73. The van der Waals surface area contributed by atoms with Gasteiger partial charge in [0, 0.05) is 18.0 Å². The number of carbonyl (C=O) groups is 1. The molecule has 0 saturated carbocycles. The molecule has 0 atom stereocenters. The third-order valence-electron chi connectivity index (χ3n) is 4.53. The highest BCUT2D eigenvalue weighted by atomic mass is 16.5. The number of hydrogen-bond acceptors (Lipinski definition) is 4. The topological polar surface area (TPSA) is 84.1 Å². The molecule has 0 unspecified atom stereocenters. The van der Waals surface area contributed by atoms with E-state index in [0.717, 1.165) is 36.9 Å². The van der Waals surface area contributed by atoms with E-state index in [0.29, 0.717) is 11.5 Å². The number of rotatable bonds is 4. The summed E-state index contributed by atoms with van der Waals surface area (Å²) in [4.78, 5) is 31.8. The quantitative estimate of drug-likeness (QED) is 0.742. The van der Waals surface area contributed by atoms with Gasteiger partial charge in [0.25, 0.3) is 11.5 Å². The number of H-pyrrole nitrogens is 1. The van der Waals surface area contributed by atoms with Crippen molar-refractivity contribution >= 4 is 11.6 Å². The van der Waals surface area contributed by atoms with Crippen LogP contribution in [0.25, 0.3) is 0 Å². The Morgan fingerprint density at radius 3 is 2.70 bits per heavy atom. The molecule has 1 aliphatic rings. The van der Waals surface area contributed by atoms with Crippen molar-refractivity contribution in [2.24, 2.45) is 0 Å². The molecule has 1 amide bonds. The molecule has 2 heterocycles. The van der Waals surface area contributed by atoms with Gasteiger partial charge in [-0.3, -0.25) is 14.6 Å². The summed E-state index contributed by atoms with van der Waals surface area (Å²) in [6.45, 7) is 0. The molecule has 0 radical (unpaired) electrons. The number of aromatic nitrogens is 2. The van der Waals surface area contributed by atoms with Gasteiger partial charge in [0.2, 0.25) is 0 Å². The number of nitrogens with zero attached hydrogens (tertiary/aromatic N) is 1. The van der Waals surface area contributed by atoms with Crippen molar-refractivity contribution in [2.75, 3.05) is 5.32 Å². The first-order valence-corrected chi connectivity index (χ1v) is 8.94. The first-order chi connectivity index (χ1) is 13.2. The number of hydrogen-bond donors (Lipinski definition) is 2. The lowest BCUT2D eigenvalue weighted by molar-refractivity contribution is 0.102. The van der Waals surface area contributed by atoms with Gasteiger partial charge < -0.3 is 15.0 Å². The molecule has 6 nitrogen and oxygen atoms in total. The highest BCUT2D eigenvalue weighted by molar-refractivity contribution is 6.03. The first kappa shape index (κ1) is 17.0. The minimum Gasteiger partial charge on any atom is -0.457 e. The van der Waals surface area contributed by atoms with E-state index in [2.05, 4.69) is 15.3 Å². The van der Waals surface area contributed by atoms with Crippen LogP contribution in [0.3, 0.4) is 0 Å². The van der Waals surface area contributed by atoms with Gasteiger partial charge in [0.05, 0.1) is 0 Å². The molecule has 2 aromatic heterocycles. The molecule has 3 aromatic rings. The molecule has 0 fully saturated rings. The van der Waals surface area contributed by atoms with Crippen LogP contribution in [0.15, 0.2) is 59.5 Å². The second kappa shape index (κ2) is 7.45. The number of nitrogens with one attached hydrogen (secondary N) is 2. The van der Waals surface area contributed by atoms with Gasteiger partial charge in [-0.15, -0.1) is 0 Å². The maximum atomic E-state index is 12.6. The van der Waals surface area contributed by atoms with Gasteiger partial charge in [0.15, 0.2) is 0 Å². The third-order valence-corrected chi connectivity index (χ3v) is 4.53. The number of anilines is 1. The van der Waals surface area contributed by atoms with Crippen LogP contribution in [0.1, 0.15) is 34.6 Å². The maximum Gasteiger partial charge on any atom is 0.274 e. The van der Waals surface area contributed by atoms with Crippen molar-refractivity contribution in [1.29, 1.82) is 0 Å². The summed E-state index contributed by atoms with van der Waals surface area (Å²) in [6.07, 6.45) is 5.46. The number of para-hydroxylation sites is 1. The monoisotopic (exact) mass is 361 g/mol. The van der Waals surface area contributed by atoms with Crippen LogP contribution < -0.4 is 15.6 Å². The van der Waals surface area contributed by atoms with Crippen LogP contribution in [0.2, 0.25) is 0 Å². The minimum atomic E-state index is -0.449. The normalized spacial score (nSPS) is 12.9. The van der Waals surface area contributed by atoms with Crippen molar-refractivity contribution in [2.45, 2.75) is 25.7 Å². The molecule has 2 N–H and O–H groups in total. The standard InChI is InChI=1S/C21H19N3O3/c25-20(24-19-12-14-6-4-5-9-17(14)23-21(19)26)18-13-16(10-11-22-18)27-15-7-2-1-3-8-15/h1-3,7-8,10-13H,4-6,9H2,(H,23,26)(H,24,25). The Morgan fingerprint density at radius 2 is 1.85 bits per heavy atom. The lowest BCUT2D eigenvalue weighted by Gasteiger charge is -2.16. The fourth-order valence-corrected chi connectivity index (χ4v) is 3.18. The van der Waals surface area contributed by atoms with Crippen molar-refractivity contribution in [1.82, 2.24) is 9.97 Å². The third kappa shape index (κ3) is 3.89. The summed E-state index contributed by atoms with van der Waals surface area (Å²) in [7, 11) is 0. The van der Waals surface area contributed by atoms with Gasteiger partial charge in [-0.1, -0.05) is 18.2 Å². The smallest absolute Gasteiger partial charge is 0.274 e. The number of pyridine rings is 2. The molecule has 6 heteroatoms. The average Bonchev–Trinajstić information content (AvgIpc) is 2.69. The number of ether oxygens (including phenoxy) is 1. The zero-order valence-corrected chi connectivity index (χ0v) is 14.7. The maximum absolute atomic E-state index is 12.6. The van der Waals surface area contributed by atoms with E-state index in [-0.39, 0.29) is 16.9 Å². The molecule has 0 saturated heterocycles. The number of amides is 1. The number of fused-ring (bicyclic) bond motifs is 1. The summed E-state index contributed by atoms with van der Waals surface area (Å²) in [5.41, 5.74) is 2.20. The Bertz CT molecular complexity index is 1030. The summed E-state index contributed by atoms with van der Waals surface area (Å²) in [6, 6.07) is 14.3. The second-order valence-corrected chi connectivity index (χ2v) is 6.47. The fraction of sp³-hybridized carbons (Fsp3) is 0.190. The number of aromatic amines is 1. The number of aryl methyl sites for hydroxylation is 2. The summed E-state index contributed by atoms with van der Waals surface area (Å²) in [5.74, 6) is 0.719. The van der Waals surface area contributed by atoms with Crippen molar-refractivity contribution in [3.05, 3.63) is 82.0 Å². The van der Waals surface area contributed by atoms with Gasteiger partial charge in [-0.25, -0.2) is 0 Å². The summed E-state index contributed by atoms with van der Waals surface area (Å²) in [5, 5.41) is 2.67. The molecule has 0 aliphatic heterocycles. The Balaban J connectivity index is 1.53. The molecule has 136 valence electrons. The predicted molar refractivity (Wildman–Crippen MR) is 102 cm³/mol. The van der Waals surface area contributed by atoms with Crippen LogP contribution in [0, 0.1) is 0 Å². The van der Waals surface area contributed by atoms with E-state index in [1.807, 2.05) is 30.3 Å². The fourth-order valence-electron chi connectivity index (χ4n) is 3.18. The molecule has 1 aromatic carbocycles. The van der Waals surface area contributed by atoms with E-state index in [1.165, 1.54) is 6.20 Å². The molecule has 0 spiro atoms. The van der Waals surface area contributed by atoms with E-state index in [4.69, 9.17) is 4.74 Å². The highest BCUT2D eigenvalue weighted by Gasteiger charge is 2.16. The van der Waals surface area contributed by atoms with Crippen LogP contribution >= 0.6 is 0 Å². The average molecular weight is 361 g/mol. The molecule has 0 bridgehead atoms.